The first kappa shape index (κ1) is 15.1. The number of hydrogen-bond donors (Lipinski definition) is 1. The van der Waals surface area contributed by atoms with Crippen LogP contribution in [0.3, 0.4) is 0 Å². The van der Waals surface area contributed by atoms with Crippen molar-refractivity contribution in [2.45, 2.75) is 33.7 Å². The maximum Gasteiger partial charge on any atom is 0.390 e. The van der Waals surface area contributed by atoms with E-state index in [2.05, 4.69) is 15.4 Å². The minimum atomic E-state index is -0.664. The molecular weight excluding hydrogens is 294 g/mol. The van der Waals surface area contributed by atoms with Gasteiger partial charge in [0.15, 0.2) is 5.13 Å². The predicted octanol–water partition coefficient (Wildman–Crippen LogP) is 2.37. The molecule has 1 unspecified atom stereocenters. The number of nitro groups is 1. The van der Waals surface area contributed by atoms with Crippen LogP contribution < -0.4 is 5.32 Å². The van der Waals surface area contributed by atoms with Crippen molar-refractivity contribution in [1.29, 1.82) is 0 Å². The van der Waals surface area contributed by atoms with Gasteiger partial charge in [-0.25, -0.2) is 4.98 Å². The quantitative estimate of drug-likeness (QED) is 0.690. The highest BCUT2D eigenvalue weighted by Crippen LogP contribution is 2.23. The summed E-state index contributed by atoms with van der Waals surface area (Å²) in [5.41, 5.74) is 1.42. The van der Waals surface area contributed by atoms with Crippen LogP contribution in [-0.4, -0.2) is 25.6 Å². The summed E-state index contributed by atoms with van der Waals surface area (Å²) >= 11 is 1.39. The third kappa shape index (κ3) is 3.07. The van der Waals surface area contributed by atoms with Crippen molar-refractivity contribution in [1.82, 2.24) is 14.8 Å². The lowest BCUT2D eigenvalue weighted by Crippen LogP contribution is -2.25. The zero-order valence-corrected chi connectivity index (χ0v) is 12.9. The molecule has 112 valence electrons. The minimum Gasteiger partial charge on any atom is -0.358 e. The molecule has 1 N–H and O–H groups in total. The van der Waals surface area contributed by atoms with Gasteiger partial charge in [-0.2, -0.15) is 4.68 Å². The summed E-state index contributed by atoms with van der Waals surface area (Å²) in [7, 11) is 0. The van der Waals surface area contributed by atoms with E-state index in [0.717, 1.165) is 10.6 Å². The Balaban J connectivity index is 2.17. The van der Waals surface area contributed by atoms with E-state index in [-0.39, 0.29) is 11.7 Å². The molecule has 2 aromatic rings. The van der Waals surface area contributed by atoms with Gasteiger partial charge in [-0.15, -0.1) is 11.3 Å². The van der Waals surface area contributed by atoms with E-state index in [1.165, 1.54) is 22.1 Å². The maximum absolute atomic E-state index is 12.2. The van der Waals surface area contributed by atoms with Crippen LogP contribution in [0.15, 0.2) is 6.07 Å². The molecule has 0 radical (unpaired) electrons. The molecule has 0 aliphatic rings. The molecule has 0 saturated carbocycles. The first-order valence-electron chi connectivity index (χ1n) is 6.25. The number of anilines is 1. The van der Waals surface area contributed by atoms with Crippen LogP contribution in [0.4, 0.5) is 10.9 Å². The van der Waals surface area contributed by atoms with Gasteiger partial charge in [-0.3, -0.25) is 4.79 Å². The van der Waals surface area contributed by atoms with Gasteiger partial charge in [-0.05, 0) is 32.6 Å². The number of aryl methyl sites for hydroxylation is 3. The summed E-state index contributed by atoms with van der Waals surface area (Å²) in [4.78, 5) is 27.6. The summed E-state index contributed by atoms with van der Waals surface area (Å²) in [6.07, 6.45) is 0. The van der Waals surface area contributed by atoms with E-state index in [9.17, 15) is 14.9 Å². The normalized spacial score (nSPS) is 12.2. The number of nitrogens with zero attached hydrogens (tertiary/aromatic N) is 4. The van der Waals surface area contributed by atoms with Crippen LogP contribution >= 0.6 is 11.3 Å². The van der Waals surface area contributed by atoms with Crippen LogP contribution in [0.1, 0.15) is 29.2 Å². The summed E-state index contributed by atoms with van der Waals surface area (Å²) in [6.45, 7) is 7.09. The molecular formula is C12H15N5O3S. The molecule has 21 heavy (non-hydrogen) atoms. The Bertz CT molecular complexity index is 686. The number of aromatic nitrogens is 3. The second-order valence-electron chi connectivity index (χ2n) is 4.67. The minimum absolute atomic E-state index is 0.270. The highest BCUT2D eigenvalue weighted by molar-refractivity contribution is 7.15. The third-order valence-electron chi connectivity index (χ3n) is 3.10. The molecule has 9 heteroatoms. The number of carbonyl (C=O) groups excluding carboxylic acids is 1. The zero-order valence-electron chi connectivity index (χ0n) is 12.1. The van der Waals surface area contributed by atoms with E-state index in [1.807, 2.05) is 13.8 Å². The standard InChI is InChI=1S/C12H15N5O3S/c1-6-5-10(17(19)20)15-16(6)8(3)11(18)14-12-13-7(2)9(4)21-12/h5,8H,1-4H3,(H,13,14,18). The van der Waals surface area contributed by atoms with Crippen molar-refractivity contribution >= 4 is 28.2 Å². The summed E-state index contributed by atoms with van der Waals surface area (Å²) in [6, 6.07) is 0.671. The smallest absolute Gasteiger partial charge is 0.358 e. The van der Waals surface area contributed by atoms with Crippen molar-refractivity contribution in [2.24, 2.45) is 0 Å². The Labute approximate surface area is 125 Å². The summed E-state index contributed by atoms with van der Waals surface area (Å²) in [5.74, 6) is -0.585. The summed E-state index contributed by atoms with van der Waals surface area (Å²) < 4.78 is 1.33. The van der Waals surface area contributed by atoms with Crippen molar-refractivity contribution in [2.75, 3.05) is 5.32 Å². The van der Waals surface area contributed by atoms with Crippen LogP contribution in [0.5, 0.6) is 0 Å². The third-order valence-corrected chi connectivity index (χ3v) is 4.09. The molecule has 0 aliphatic carbocycles. The molecule has 0 saturated heterocycles. The maximum atomic E-state index is 12.2. The highest BCUT2D eigenvalue weighted by atomic mass is 32.1. The largest absolute Gasteiger partial charge is 0.390 e. The van der Waals surface area contributed by atoms with E-state index in [4.69, 9.17) is 0 Å². The fourth-order valence-corrected chi connectivity index (χ4v) is 2.62. The number of rotatable bonds is 4. The number of thiazole rings is 1. The van der Waals surface area contributed by atoms with Crippen LogP contribution in [0.2, 0.25) is 0 Å². The van der Waals surface area contributed by atoms with Gasteiger partial charge in [-0.1, -0.05) is 0 Å². The molecule has 1 amide bonds. The van der Waals surface area contributed by atoms with E-state index >= 15 is 0 Å². The molecule has 0 spiro atoms. The molecule has 8 nitrogen and oxygen atoms in total. The van der Waals surface area contributed by atoms with Gasteiger partial charge in [0.25, 0.3) is 5.91 Å². The number of hydrogen-bond acceptors (Lipinski definition) is 6. The average Bonchev–Trinajstić information content (AvgIpc) is 2.92. The SMILES string of the molecule is Cc1nc(NC(=O)C(C)n2nc([N+](=O)[O-])cc2C)sc1C. The zero-order chi connectivity index (χ0) is 15.7. The Kier molecular flexibility index (Phi) is 4.03. The Morgan fingerprint density at radius 3 is 2.62 bits per heavy atom. The number of carbonyl (C=O) groups is 1. The van der Waals surface area contributed by atoms with Crippen molar-refractivity contribution in [3.63, 3.8) is 0 Å². The topological polar surface area (TPSA) is 103 Å². The van der Waals surface area contributed by atoms with Crippen molar-refractivity contribution in [3.8, 4) is 0 Å². The van der Waals surface area contributed by atoms with Gasteiger partial charge >= 0.3 is 5.82 Å². The monoisotopic (exact) mass is 309 g/mol. The van der Waals surface area contributed by atoms with Gasteiger partial charge < -0.3 is 15.4 Å². The van der Waals surface area contributed by atoms with Crippen molar-refractivity contribution in [3.05, 3.63) is 32.4 Å². The van der Waals surface area contributed by atoms with Gasteiger partial charge in [0.2, 0.25) is 0 Å². The molecule has 0 aromatic carbocycles. The molecule has 0 aliphatic heterocycles. The lowest BCUT2D eigenvalue weighted by Gasteiger charge is -2.09. The van der Waals surface area contributed by atoms with Gasteiger partial charge in [0.1, 0.15) is 6.04 Å². The van der Waals surface area contributed by atoms with Crippen LogP contribution in [0, 0.1) is 30.9 Å². The van der Waals surface area contributed by atoms with E-state index < -0.39 is 11.0 Å². The van der Waals surface area contributed by atoms with E-state index in [1.54, 1.807) is 13.8 Å². The Morgan fingerprint density at radius 2 is 2.14 bits per heavy atom. The second kappa shape index (κ2) is 5.60. The van der Waals surface area contributed by atoms with Crippen LogP contribution in [-0.2, 0) is 4.79 Å². The molecule has 0 fully saturated rings. The van der Waals surface area contributed by atoms with Crippen LogP contribution in [0.25, 0.3) is 0 Å². The predicted molar refractivity (Wildman–Crippen MR) is 78.5 cm³/mol. The Morgan fingerprint density at radius 1 is 1.48 bits per heavy atom. The summed E-state index contributed by atoms with van der Waals surface area (Å²) in [5, 5.41) is 17.8. The Hall–Kier alpha value is -2.29. The molecule has 2 rings (SSSR count). The fourth-order valence-electron chi connectivity index (χ4n) is 1.80. The average molecular weight is 309 g/mol. The van der Waals surface area contributed by atoms with Crippen molar-refractivity contribution < 1.29 is 9.72 Å². The lowest BCUT2D eigenvalue weighted by atomic mass is 10.3. The highest BCUT2D eigenvalue weighted by Gasteiger charge is 2.25. The van der Waals surface area contributed by atoms with Gasteiger partial charge in [0.05, 0.1) is 22.6 Å². The molecule has 0 bridgehead atoms. The second-order valence-corrected chi connectivity index (χ2v) is 5.87. The molecule has 2 heterocycles. The number of nitrogens with one attached hydrogen (secondary N) is 1. The lowest BCUT2D eigenvalue weighted by molar-refractivity contribution is -0.389. The van der Waals surface area contributed by atoms with E-state index in [0.29, 0.717) is 10.8 Å². The molecule has 2 aromatic heterocycles. The van der Waals surface area contributed by atoms with Gasteiger partial charge in [0, 0.05) is 4.88 Å². The fraction of sp³-hybridized carbons (Fsp3) is 0.417. The first-order valence-corrected chi connectivity index (χ1v) is 7.06. The number of amides is 1. The molecule has 1 atom stereocenters. The first-order chi connectivity index (χ1) is 9.79.